The summed E-state index contributed by atoms with van der Waals surface area (Å²) in [5, 5.41) is 0.662. The van der Waals surface area contributed by atoms with E-state index in [0.29, 0.717) is 16.6 Å². The molecule has 0 aliphatic heterocycles. The van der Waals surface area contributed by atoms with Gasteiger partial charge in [-0.1, -0.05) is 13.8 Å². The van der Waals surface area contributed by atoms with E-state index in [9.17, 15) is 13.2 Å². The number of alkyl halides is 3. The van der Waals surface area contributed by atoms with Gasteiger partial charge in [-0.2, -0.15) is 13.2 Å². The molecule has 0 unspecified atom stereocenters. The van der Waals surface area contributed by atoms with E-state index in [2.05, 4.69) is 0 Å². The van der Waals surface area contributed by atoms with Gasteiger partial charge < -0.3 is 10.3 Å². The molecule has 5 heteroatoms. The van der Waals surface area contributed by atoms with Crippen molar-refractivity contribution in [1.29, 1.82) is 0 Å². The van der Waals surface area contributed by atoms with E-state index in [1.165, 1.54) is 10.8 Å². The second kappa shape index (κ2) is 5.33. The molecule has 0 aliphatic rings. The highest BCUT2D eigenvalue weighted by atomic mass is 19.4. The number of nitrogens with two attached hydrogens (primary N) is 1. The minimum atomic E-state index is -4.22. The molecular formula is C13H17F3N2. The van der Waals surface area contributed by atoms with Gasteiger partial charge in [-0.15, -0.1) is 0 Å². The van der Waals surface area contributed by atoms with Gasteiger partial charge in [0.1, 0.15) is 6.54 Å². The van der Waals surface area contributed by atoms with Crippen LogP contribution in [0.15, 0.2) is 24.4 Å². The molecule has 0 saturated carbocycles. The molecule has 0 aliphatic carbocycles. The normalized spacial score (nSPS) is 11.2. The van der Waals surface area contributed by atoms with Gasteiger partial charge in [-0.25, -0.2) is 0 Å². The Labute approximate surface area is 104 Å². The largest absolute Gasteiger partial charge is 0.406 e. The smallest absolute Gasteiger partial charge is 0.398 e. The van der Waals surface area contributed by atoms with Crippen molar-refractivity contribution in [2.24, 2.45) is 0 Å². The van der Waals surface area contributed by atoms with Crippen LogP contribution in [0, 0.1) is 6.92 Å². The molecule has 2 nitrogen and oxygen atoms in total. The number of hydrogen-bond acceptors (Lipinski definition) is 1. The molecule has 2 aromatic rings. The second-order valence-electron chi connectivity index (χ2n) is 3.85. The zero-order valence-electron chi connectivity index (χ0n) is 10.7. The number of rotatable bonds is 1. The molecule has 1 aromatic carbocycles. The zero-order valence-corrected chi connectivity index (χ0v) is 10.7. The van der Waals surface area contributed by atoms with Crippen LogP contribution in [0.4, 0.5) is 18.9 Å². The van der Waals surface area contributed by atoms with Gasteiger partial charge >= 0.3 is 6.18 Å². The minimum Gasteiger partial charge on any atom is -0.398 e. The first-order valence-corrected chi connectivity index (χ1v) is 5.78. The van der Waals surface area contributed by atoms with Crippen molar-refractivity contribution in [2.45, 2.75) is 33.5 Å². The standard InChI is InChI=1S/C11H11F3N2.C2H6/c1-7-4-9(15)8-2-3-16(10(8)5-7)6-11(12,13)14;1-2/h2-5H,6,15H2,1H3;1-2H3. The van der Waals surface area contributed by atoms with Crippen LogP contribution in [0.3, 0.4) is 0 Å². The topological polar surface area (TPSA) is 30.9 Å². The lowest BCUT2D eigenvalue weighted by Crippen LogP contribution is -2.16. The summed E-state index contributed by atoms with van der Waals surface area (Å²) in [4.78, 5) is 0. The fourth-order valence-electron chi connectivity index (χ4n) is 1.80. The highest BCUT2D eigenvalue weighted by Gasteiger charge is 2.28. The molecule has 0 radical (unpaired) electrons. The zero-order chi connectivity index (χ0) is 13.9. The fourth-order valence-corrected chi connectivity index (χ4v) is 1.80. The number of aryl methyl sites for hydroxylation is 1. The first-order valence-electron chi connectivity index (χ1n) is 5.78. The summed E-state index contributed by atoms with van der Waals surface area (Å²) in [6.07, 6.45) is -2.81. The number of aromatic nitrogens is 1. The van der Waals surface area contributed by atoms with Crippen molar-refractivity contribution in [3.63, 3.8) is 0 Å². The Morgan fingerprint density at radius 2 is 1.83 bits per heavy atom. The van der Waals surface area contributed by atoms with E-state index >= 15 is 0 Å². The van der Waals surface area contributed by atoms with Crippen LogP contribution in [0.5, 0.6) is 0 Å². The highest BCUT2D eigenvalue weighted by molar-refractivity contribution is 5.92. The number of benzene rings is 1. The van der Waals surface area contributed by atoms with Crippen molar-refractivity contribution in [1.82, 2.24) is 4.57 Å². The molecule has 0 atom stereocenters. The number of hydrogen-bond donors (Lipinski definition) is 1. The van der Waals surface area contributed by atoms with Crippen molar-refractivity contribution in [3.8, 4) is 0 Å². The lowest BCUT2D eigenvalue weighted by Gasteiger charge is -2.09. The lowest BCUT2D eigenvalue weighted by atomic mass is 10.1. The number of halogens is 3. The summed E-state index contributed by atoms with van der Waals surface area (Å²) < 4.78 is 38.1. The van der Waals surface area contributed by atoms with Crippen molar-refractivity contribution >= 4 is 16.6 Å². The monoisotopic (exact) mass is 258 g/mol. The van der Waals surface area contributed by atoms with E-state index < -0.39 is 12.7 Å². The van der Waals surface area contributed by atoms with Gasteiger partial charge in [0.05, 0.1) is 5.52 Å². The van der Waals surface area contributed by atoms with Crippen molar-refractivity contribution in [2.75, 3.05) is 5.73 Å². The molecule has 18 heavy (non-hydrogen) atoms. The maximum Gasteiger partial charge on any atom is 0.406 e. The first kappa shape index (κ1) is 14.4. The molecule has 0 bridgehead atoms. The summed E-state index contributed by atoms with van der Waals surface area (Å²) in [6.45, 7) is 4.82. The second-order valence-corrected chi connectivity index (χ2v) is 3.85. The lowest BCUT2D eigenvalue weighted by molar-refractivity contribution is -0.139. The Morgan fingerprint density at radius 1 is 1.22 bits per heavy atom. The van der Waals surface area contributed by atoms with Crippen molar-refractivity contribution in [3.05, 3.63) is 30.0 Å². The molecule has 2 rings (SSSR count). The first-order chi connectivity index (χ1) is 8.37. The van der Waals surface area contributed by atoms with Gasteiger partial charge in [-0.05, 0) is 30.7 Å². The summed E-state index contributed by atoms with van der Waals surface area (Å²) >= 11 is 0. The third kappa shape index (κ3) is 3.18. The maximum absolute atomic E-state index is 12.3. The Hall–Kier alpha value is -1.65. The number of anilines is 1. The van der Waals surface area contributed by atoms with Crippen molar-refractivity contribution < 1.29 is 13.2 Å². The number of nitrogens with zero attached hydrogens (tertiary/aromatic N) is 1. The molecule has 1 aromatic heterocycles. The van der Waals surface area contributed by atoms with E-state index in [4.69, 9.17) is 5.73 Å². The molecule has 0 fully saturated rings. The van der Waals surface area contributed by atoms with Crippen LogP contribution >= 0.6 is 0 Å². The van der Waals surface area contributed by atoms with Gasteiger partial charge in [0.15, 0.2) is 0 Å². The van der Waals surface area contributed by atoms with Crippen LogP contribution in [-0.2, 0) is 6.54 Å². The average molecular weight is 258 g/mol. The third-order valence-corrected chi connectivity index (χ3v) is 2.41. The highest BCUT2D eigenvalue weighted by Crippen LogP contribution is 2.27. The Morgan fingerprint density at radius 3 is 2.39 bits per heavy atom. The number of nitrogen functional groups attached to an aromatic ring is 1. The average Bonchev–Trinajstić information content (AvgIpc) is 2.62. The molecule has 2 N–H and O–H groups in total. The summed E-state index contributed by atoms with van der Waals surface area (Å²) in [5.74, 6) is 0. The predicted molar refractivity (Wildman–Crippen MR) is 68.5 cm³/mol. The van der Waals surface area contributed by atoms with E-state index in [1.54, 1.807) is 25.1 Å². The SMILES string of the molecule is CC.Cc1cc(N)c2ccn(CC(F)(F)F)c2c1. The van der Waals surface area contributed by atoms with E-state index in [-0.39, 0.29) is 0 Å². The summed E-state index contributed by atoms with van der Waals surface area (Å²) in [7, 11) is 0. The Bertz CT molecular complexity index is 527. The van der Waals surface area contributed by atoms with E-state index in [0.717, 1.165) is 5.56 Å². The van der Waals surface area contributed by atoms with Gasteiger partial charge in [0, 0.05) is 17.3 Å². The fraction of sp³-hybridized carbons (Fsp3) is 0.385. The molecule has 100 valence electrons. The van der Waals surface area contributed by atoms with Crippen LogP contribution in [-0.4, -0.2) is 10.7 Å². The molecular weight excluding hydrogens is 241 g/mol. The van der Waals surface area contributed by atoms with E-state index in [1.807, 2.05) is 13.8 Å². The molecule has 0 saturated heterocycles. The Balaban J connectivity index is 0.000000771. The van der Waals surface area contributed by atoms with Crippen LogP contribution in [0.1, 0.15) is 19.4 Å². The molecule has 1 heterocycles. The van der Waals surface area contributed by atoms with Crippen LogP contribution < -0.4 is 5.73 Å². The summed E-state index contributed by atoms with van der Waals surface area (Å²) in [6, 6.07) is 5.06. The Kier molecular flexibility index (Phi) is 4.27. The quantitative estimate of drug-likeness (QED) is 0.766. The van der Waals surface area contributed by atoms with Gasteiger partial charge in [0.25, 0.3) is 0 Å². The molecule has 0 spiro atoms. The predicted octanol–water partition coefficient (Wildman–Crippen LogP) is 4.12. The third-order valence-electron chi connectivity index (χ3n) is 2.41. The summed E-state index contributed by atoms with van der Waals surface area (Å²) in [5.41, 5.74) is 7.63. The van der Waals surface area contributed by atoms with Crippen LogP contribution in [0.25, 0.3) is 10.9 Å². The maximum atomic E-state index is 12.3. The van der Waals surface area contributed by atoms with Gasteiger partial charge in [0.2, 0.25) is 0 Å². The molecule has 0 amide bonds. The number of fused-ring (bicyclic) bond motifs is 1. The van der Waals surface area contributed by atoms with Gasteiger partial charge in [-0.3, -0.25) is 0 Å². The van der Waals surface area contributed by atoms with Crippen LogP contribution in [0.2, 0.25) is 0 Å². The minimum absolute atomic E-state index is 0.510.